The SMILES string of the molecule is C[C@@H](Sc1nnc(-c2ccccc2)o1)C(=O)Nc1ccc(C#N)c(Cl)c1. The molecule has 26 heavy (non-hydrogen) atoms. The molecule has 1 aromatic heterocycles. The summed E-state index contributed by atoms with van der Waals surface area (Å²) in [6, 6.07) is 16.1. The number of anilines is 1. The van der Waals surface area contributed by atoms with Gasteiger partial charge in [-0.3, -0.25) is 4.79 Å². The van der Waals surface area contributed by atoms with Gasteiger partial charge in [-0.05, 0) is 37.3 Å². The van der Waals surface area contributed by atoms with E-state index in [1.165, 1.54) is 6.07 Å². The van der Waals surface area contributed by atoms with Gasteiger partial charge < -0.3 is 9.73 Å². The zero-order chi connectivity index (χ0) is 18.5. The molecule has 3 rings (SSSR count). The van der Waals surface area contributed by atoms with E-state index in [9.17, 15) is 4.79 Å². The van der Waals surface area contributed by atoms with Crippen molar-refractivity contribution in [2.45, 2.75) is 17.4 Å². The van der Waals surface area contributed by atoms with Gasteiger partial charge in [-0.1, -0.05) is 41.6 Å². The Hall–Kier alpha value is -2.82. The van der Waals surface area contributed by atoms with Crippen LogP contribution in [0.1, 0.15) is 12.5 Å². The second kappa shape index (κ2) is 8.04. The molecule has 0 fully saturated rings. The first-order chi connectivity index (χ1) is 12.6. The van der Waals surface area contributed by atoms with E-state index < -0.39 is 5.25 Å². The number of hydrogen-bond donors (Lipinski definition) is 1. The number of nitrogens with one attached hydrogen (secondary N) is 1. The van der Waals surface area contributed by atoms with Crippen molar-refractivity contribution in [2.24, 2.45) is 0 Å². The molecule has 0 bridgehead atoms. The van der Waals surface area contributed by atoms with Gasteiger partial charge >= 0.3 is 0 Å². The van der Waals surface area contributed by atoms with Gasteiger partial charge in [-0.15, -0.1) is 10.2 Å². The molecule has 8 heteroatoms. The maximum atomic E-state index is 12.3. The lowest BCUT2D eigenvalue weighted by Crippen LogP contribution is -2.22. The predicted octanol–water partition coefficient (Wildman–Crippen LogP) is 4.38. The molecule has 1 N–H and O–H groups in total. The average Bonchev–Trinajstić information content (AvgIpc) is 3.11. The zero-order valence-corrected chi connectivity index (χ0v) is 15.2. The fraction of sp³-hybridized carbons (Fsp3) is 0.111. The van der Waals surface area contributed by atoms with Gasteiger partial charge in [0.1, 0.15) is 6.07 Å². The van der Waals surface area contributed by atoms with Crippen LogP contribution in [0.15, 0.2) is 58.2 Å². The third-order valence-corrected chi connectivity index (χ3v) is 4.68. The summed E-state index contributed by atoms with van der Waals surface area (Å²) < 4.78 is 5.59. The zero-order valence-electron chi connectivity index (χ0n) is 13.6. The van der Waals surface area contributed by atoms with Gasteiger partial charge in [-0.25, -0.2) is 0 Å². The first-order valence-corrected chi connectivity index (χ1v) is 8.88. The lowest BCUT2D eigenvalue weighted by molar-refractivity contribution is -0.115. The number of aromatic nitrogens is 2. The van der Waals surface area contributed by atoms with Crippen molar-refractivity contribution in [3.63, 3.8) is 0 Å². The highest BCUT2D eigenvalue weighted by Crippen LogP contribution is 2.27. The number of benzene rings is 2. The standard InChI is InChI=1S/C18H13ClN4O2S/c1-11(16(24)21-14-8-7-13(10-20)15(19)9-14)26-18-23-22-17(25-18)12-5-3-2-4-6-12/h2-9,11H,1H3,(H,21,24)/t11-/m1/s1. The highest BCUT2D eigenvalue weighted by Gasteiger charge is 2.19. The van der Waals surface area contributed by atoms with Crippen LogP contribution >= 0.6 is 23.4 Å². The molecule has 0 aliphatic rings. The molecule has 0 aliphatic carbocycles. The van der Waals surface area contributed by atoms with Crippen molar-refractivity contribution in [1.82, 2.24) is 10.2 Å². The first kappa shape index (κ1) is 18.0. The first-order valence-electron chi connectivity index (χ1n) is 7.63. The molecule has 0 aliphatic heterocycles. The third kappa shape index (κ3) is 4.23. The van der Waals surface area contributed by atoms with E-state index >= 15 is 0 Å². The normalized spacial score (nSPS) is 11.6. The molecule has 1 amide bonds. The van der Waals surface area contributed by atoms with Gasteiger partial charge in [0, 0.05) is 11.3 Å². The third-order valence-electron chi connectivity index (χ3n) is 3.43. The molecule has 0 saturated carbocycles. The van der Waals surface area contributed by atoms with Crippen molar-refractivity contribution in [3.05, 3.63) is 59.1 Å². The van der Waals surface area contributed by atoms with Gasteiger partial charge in [0.2, 0.25) is 11.8 Å². The number of carbonyl (C=O) groups excluding carboxylic acids is 1. The highest BCUT2D eigenvalue weighted by atomic mass is 35.5. The van der Waals surface area contributed by atoms with E-state index in [0.29, 0.717) is 22.4 Å². The lowest BCUT2D eigenvalue weighted by Gasteiger charge is -2.10. The number of nitriles is 1. The van der Waals surface area contributed by atoms with Crippen molar-refractivity contribution >= 4 is 35.0 Å². The van der Waals surface area contributed by atoms with Gasteiger partial charge in [0.15, 0.2) is 0 Å². The Morgan fingerprint density at radius 2 is 2.04 bits per heavy atom. The van der Waals surface area contributed by atoms with Crippen LogP contribution in [0.2, 0.25) is 5.02 Å². The molecule has 1 atom stereocenters. The van der Waals surface area contributed by atoms with Crippen molar-refractivity contribution in [2.75, 3.05) is 5.32 Å². The van der Waals surface area contributed by atoms with Crippen LogP contribution in [0, 0.1) is 11.3 Å². The molecule has 3 aromatic rings. The largest absolute Gasteiger partial charge is 0.411 e. The molecule has 2 aromatic carbocycles. The van der Waals surface area contributed by atoms with Crippen LogP contribution in [-0.2, 0) is 4.79 Å². The Kier molecular flexibility index (Phi) is 5.56. The van der Waals surface area contributed by atoms with Crippen LogP contribution in [-0.4, -0.2) is 21.4 Å². The Balaban J connectivity index is 1.64. The van der Waals surface area contributed by atoms with Crippen LogP contribution in [0.4, 0.5) is 5.69 Å². The number of thioether (sulfide) groups is 1. The number of amides is 1. The molecular formula is C18H13ClN4O2S. The minimum Gasteiger partial charge on any atom is -0.411 e. The summed E-state index contributed by atoms with van der Waals surface area (Å²) in [4.78, 5) is 12.3. The molecule has 130 valence electrons. The Morgan fingerprint density at radius 1 is 1.27 bits per heavy atom. The number of rotatable bonds is 5. The summed E-state index contributed by atoms with van der Waals surface area (Å²) in [7, 11) is 0. The second-order valence-corrected chi connectivity index (χ2v) is 6.99. The molecular weight excluding hydrogens is 372 g/mol. The van der Waals surface area contributed by atoms with E-state index in [0.717, 1.165) is 17.3 Å². The summed E-state index contributed by atoms with van der Waals surface area (Å²) in [5.41, 5.74) is 1.68. The fourth-order valence-electron chi connectivity index (χ4n) is 2.09. The van der Waals surface area contributed by atoms with Crippen LogP contribution in [0.5, 0.6) is 0 Å². The van der Waals surface area contributed by atoms with Gasteiger partial charge in [-0.2, -0.15) is 5.26 Å². The van der Waals surface area contributed by atoms with Crippen molar-refractivity contribution in [1.29, 1.82) is 5.26 Å². The van der Waals surface area contributed by atoms with E-state index in [-0.39, 0.29) is 10.9 Å². The lowest BCUT2D eigenvalue weighted by atomic mass is 10.2. The Bertz CT molecular complexity index is 969. The molecule has 0 radical (unpaired) electrons. The van der Waals surface area contributed by atoms with E-state index in [2.05, 4.69) is 15.5 Å². The quantitative estimate of drug-likeness (QED) is 0.656. The highest BCUT2D eigenvalue weighted by molar-refractivity contribution is 8.00. The Labute approximate surface area is 159 Å². The van der Waals surface area contributed by atoms with Crippen molar-refractivity contribution in [3.8, 4) is 17.5 Å². The molecule has 0 spiro atoms. The summed E-state index contributed by atoms with van der Waals surface area (Å²) in [5.74, 6) is 0.162. The summed E-state index contributed by atoms with van der Waals surface area (Å²) in [6.45, 7) is 1.73. The molecule has 6 nitrogen and oxygen atoms in total. The number of nitrogens with zero attached hydrogens (tertiary/aromatic N) is 3. The molecule has 0 unspecified atom stereocenters. The van der Waals surface area contributed by atoms with Crippen LogP contribution in [0.25, 0.3) is 11.5 Å². The minimum absolute atomic E-state index is 0.241. The predicted molar refractivity (Wildman–Crippen MR) is 99.8 cm³/mol. The Morgan fingerprint density at radius 3 is 2.73 bits per heavy atom. The maximum absolute atomic E-state index is 12.3. The van der Waals surface area contributed by atoms with E-state index in [4.69, 9.17) is 21.3 Å². The van der Waals surface area contributed by atoms with Gasteiger partial charge in [0.25, 0.3) is 5.22 Å². The maximum Gasteiger partial charge on any atom is 0.277 e. The van der Waals surface area contributed by atoms with Crippen molar-refractivity contribution < 1.29 is 9.21 Å². The monoisotopic (exact) mass is 384 g/mol. The minimum atomic E-state index is -0.464. The van der Waals surface area contributed by atoms with Crippen LogP contribution in [0.3, 0.4) is 0 Å². The number of carbonyl (C=O) groups is 1. The van der Waals surface area contributed by atoms with E-state index in [1.807, 2.05) is 36.4 Å². The second-order valence-electron chi connectivity index (χ2n) is 5.29. The summed E-state index contributed by atoms with van der Waals surface area (Å²) in [5, 5.41) is 19.7. The number of hydrogen-bond acceptors (Lipinski definition) is 6. The average molecular weight is 385 g/mol. The van der Waals surface area contributed by atoms with E-state index in [1.54, 1.807) is 19.1 Å². The van der Waals surface area contributed by atoms with Gasteiger partial charge in [0.05, 0.1) is 15.8 Å². The van der Waals surface area contributed by atoms with Crippen LogP contribution < -0.4 is 5.32 Å². The molecule has 1 heterocycles. The summed E-state index contributed by atoms with van der Waals surface area (Å²) >= 11 is 7.13. The fourth-order valence-corrected chi connectivity index (χ4v) is 2.99. The summed E-state index contributed by atoms with van der Waals surface area (Å²) in [6.07, 6.45) is 0. The number of halogens is 1. The molecule has 0 saturated heterocycles. The smallest absolute Gasteiger partial charge is 0.277 e. The topological polar surface area (TPSA) is 91.8 Å².